The zero-order chi connectivity index (χ0) is 13.1. The molecule has 0 saturated carbocycles. The second-order valence-corrected chi connectivity index (χ2v) is 3.93. The van der Waals surface area contributed by atoms with Gasteiger partial charge in [-0.3, -0.25) is 9.59 Å². The standard InChI is InChI=1S/C13H12N2O3/c1-8-7-14-18-12(8)13(17)15-11-5-3-4-10(6-11)9(2)16/h3-7H,1-2H3,(H,15,17). The van der Waals surface area contributed by atoms with Crippen LogP contribution in [0.15, 0.2) is 35.0 Å². The van der Waals surface area contributed by atoms with E-state index in [0.29, 0.717) is 16.8 Å². The van der Waals surface area contributed by atoms with Crippen molar-refractivity contribution in [1.29, 1.82) is 0 Å². The molecular weight excluding hydrogens is 232 g/mol. The molecule has 0 aliphatic rings. The summed E-state index contributed by atoms with van der Waals surface area (Å²) in [6, 6.07) is 6.72. The number of hydrogen-bond donors (Lipinski definition) is 1. The van der Waals surface area contributed by atoms with Gasteiger partial charge in [0, 0.05) is 16.8 Å². The number of anilines is 1. The first-order valence-corrected chi connectivity index (χ1v) is 5.41. The first-order valence-electron chi connectivity index (χ1n) is 5.41. The molecule has 0 aliphatic heterocycles. The number of nitrogens with one attached hydrogen (secondary N) is 1. The van der Waals surface area contributed by atoms with Crippen LogP contribution in [0.3, 0.4) is 0 Å². The minimum atomic E-state index is -0.384. The first-order chi connectivity index (χ1) is 8.58. The van der Waals surface area contributed by atoms with Crippen LogP contribution in [-0.4, -0.2) is 16.8 Å². The van der Waals surface area contributed by atoms with Gasteiger partial charge in [0.05, 0.1) is 6.20 Å². The molecule has 0 atom stereocenters. The highest BCUT2D eigenvalue weighted by Crippen LogP contribution is 2.14. The van der Waals surface area contributed by atoms with E-state index in [4.69, 9.17) is 4.52 Å². The van der Waals surface area contributed by atoms with Gasteiger partial charge in [0.25, 0.3) is 5.91 Å². The molecule has 1 amide bonds. The van der Waals surface area contributed by atoms with Crippen molar-refractivity contribution in [2.75, 3.05) is 5.32 Å². The van der Waals surface area contributed by atoms with Crippen molar-refractivity contribution in [1.82, 2.24) is 5.16 Å². The van der Waals surface area contributed by atoms with Crippen LogP contribution in [0.5, 0.6) is 0 Å². The molecule has 5 nitrogen and oxygen atoms in total. The van der Waals surface area contributed by atoms with E-state index in [-0.39, 0.29) is 17.5 Å². The zero-order valence-corrected chi connectivity index (χ0v) is 10.1. The Morgan fingerprint density at radius 1 is 1.33 bits per heavy atom. The fourth-order valence-electron chi connectivity index (χ4n) is 1.51. The number of aryl methyl sites for hydroxylation is 1. The smallest absolute Gasteiger partial charge is 0.294 e. The van der Waals surface area contributed by atoms with Crippen molar-refractivity contribution in [2.24, 2.45) is 0 Å². The third kappa shape index (κ3) is 2.45. The number of carbonyl (C=O) groups is 2. The monoisotopic (exact) mass is 244 g/mol. The Hall–Kier alpha value is -2.43. The lowest BCUT2D eigenvalue weighted by atomic mass is 10.1. The Morgan fingerprint density at radius 2 is 2.11 bits per heavy atom. The summed E-state index contributed by atoms with van der Waals surface area (Å²) in [5, 5.41) is 6.20. The molecule has 1 aromatic carbocycles. The Kier molecular flexibility index (Phi) is 3.23. The summed E-state index contributed by atoms with van der Waals surface area (Å²) in [5.41, 5.74) is 1.75. The summed E-state index contributed by atoms with van der Waals surface area (Å²) >= 11 is 0. The van der Waals surface area contributed by atoms with E-state index in [0.717, 1.165) is 0 Å². The van der Waals surface area contributed by atoms with E-state index in [2.05, 4.69) is 10.5 Å². The first kappa shape index (κ1) is 12.0. The number of amides is 1. The fourth-order valence-corrected chi connectivity index (χ4v) is 1.51. The quantitative estimate of drug-likeness (QED) is 0.841. The molecule has 2 rings (SSSR count). The Balaban J connectivity index is 2.20. The SMILES string of the molecule is CC(=O)c1cccc(NC(=O)c2oncc2C)c1. The minimum Gasteiger partial charge on any atom is -0.351 e. The summed E-state index contributed by atoms with van der Waals surface area (Å²) in [6.07, 6.45) is 1.47. The molecule has 0 saturated heterocycles. The van der Waals surface area contributed by atoms with Crippen LogP contribution in [0.2, 0.25) is 0 Å². The molecule has 1 N–H and O–H groups in total. The van der Waals surface area contributed by atoms with Crippen LogP contribution < -0.4 is 5.32 Å². The van der Waals surface area contributed by atoms with E-state index in [9.17, 15) is 9.59 Å². The molecule has 92 valence electrons. The summed E-state index contributed by atoms with van der Waals surface area (Å²) in [6.45, 7) is 3.21. The van der Waals surface area contributed by atoms with Gasteiger partial charge in [-0.15, -0.1) is 0 Å². The zero-order valence-electron chi connectivity index (χ0n) is 10.1. The molecule has 1 aromatic heterocycles. The molecule has 2 aromatic rings. The van der Waals surface area contributed by atoms with Crippen molar-refractivity contribution < 1.29 is 14.1 Å². The lowest BCUT2D eigenvalue weighted by molar-refractivity contribution is 0.0983. The molecular formula is C13H12N2O3. The highest BCUT2D eigenvalue weighted by atomic mass is 16.5. The highest BCUT2D eigenvalue weighted by Gasteiger charge is 2.14. The lowest BCUT2D eigenvalue weighted by Crippen LogP contribution is -2.12. The van der Waals surface area contributed by atoms with Crippen LogP contribution >= 0.6 is 0 Å². The van der Waals surface area contributed by atoms with Gasteiger partial charge in [-0.1, -0.05) is 17.3 Å². The van der Waals surface area contributed by atoms with Crippen molar-refractivity contribution >= 4 is 17.4 Å². The number of Topliss-reactive ketones (excluding diaryl/α,β-unsaturated/α-hetero) is 1. The maximum atomic E-state index is 11.8. The van der Waals surface area contributed by atoms with E-state index in [1.54, 1.807) is 31.2 Å². The molecule has 0 bridgehead atoms. The third-order valence-corrected chi connectivity index (χ3v) is 2.48. The normalized spacial score (nSPS) is 10.1. The van der Waals surface area contributed by atoms with Gasteiger partial charge >= 0.3 is 0 Å². The number of hydrogen-bond acceptors (Lipinski definition) is 4. The van der Waals surface area contributed by atoms with E-state index in [1.807, 2.05) is 0 Å². The predicted octanol–water partition coefficient (Wildman–Crippen LogP) is 2.44. The number of aromatic nitrogens is 1. The molecule has 5 heteroatoms. The minimum absolute atomic E-state index is 0.0538. The number of benzene rings is 1. The summed E-state index contributed by atoms with van der Waals surface area (Å²) in [5.74, 6) is -0.268. The van der Waals surface area contributed by atoms with Crippen LogP contribution in [0, 0.1) is 6.92 Å². The van der Waals surface area contributed by atoms with Gasteiger partial charge in [0.1, 0.15) is 0 Å². The van der Waals surface area contributed by atoms with Crippen LogP contribution in [0.25, 0.3) is 0 Å². The van der Waals surface area contributed by atoms with Gasteiger partial charge in [-0.25, -0.2) is 0 Å². The molecule has 0 radical (unpaired) electrons. The summed E-state index contributed by atoms with van der Waals surface area (Å²) < 4.78 is 4.85. The predicted molar refractivity (Wildman–Crippen MR) is 65.6 cm³/mol. The van der Waals surface area contributed by atoms with Crippen LogP contribution in [0.4, 0.5) is 5.69 Å². The van der Waals surface area contributed by atoms with Crippen LogP contribution in [-0.2, 0) is 0 Å². The molecule has 0 aliphatic carbocycles. The fraction of sp³-hybridized carbons (Fsp3) is 0.154. The second kappa shape index (κ2) is 4.83. The van der Waals surface area contributed by atoms with Crippen molar-refractivity contribution in [3.05, 3.63) is 47.3 Å². The lowest BCUT2D eigenvalue weighted by Gasteiger charge is -2.04. The van der Waals surface area contributed by atoms with Gasteiger partial charge in [0.2, 0.25) is 5.76 Å². The maximum Gasteiger partial charge on any atom is 0.294 e. The highest BCUT2D eigenvalue weighted by molar-refractivity contribution is 6.04. The molecule has 1 heterocycles. The average Bonchev–Trinajstić information content (AvgIpc) is 2.76. The topological polar surface area (TPSA) is 72.2 Å². The number of ketones is 1. The van der Waals surface area contributed by atoms with Gasteiger partial charge in [-0.05, 0) is 26.0 Å². The number of carbonyl (C=O) groups excluding carboxylic acids is 2. The second-order valence-electron chi connectivity index (χ2n) is 3.93. The molecule has 18 heavy (non-hydrogen) atoms. The van der Waals surface area contributed by atoms with Crippen molar-refractivity contribution in [3.63, 3.8) is 0 Å². The maximum absolute atomic E-state index is 11.8. The van der Waals surface area contributed by atoms with Crippen LogP contribution in [0.1, 0.15) is 33.4 Å². The van der Waals surface area contributed by atoms with Gasteiger partial charge < -0.3 is 9.84 Å². The third-order valence-electron chi connectivity index (χ3n) is 2.48. The van der Waals surface area contributed by atoms with Gasteiger partial charge in [-0.2, -0.15) is 0 Å². The Labute approximate surface area is 104 Å². The van der Waals surface area contributed by atoms with Gasteiger partial charge in [0.15, 0.2) is 5.78 Å². The summed E-state index contributed by atoms with van der Waals surface area (Å²) in [7, 11) is 0. The number of rotatable bonds is 3. The Bertz CT molecular complexity index is 602. The number of nitrogens with zero attached hydrogens (tertiary/aromatic N) is 1. The van der Waals surface area contributed by atoms with Crippen molar-refractivity contribution in [2.45, 2.75) is 13.8 Å². The summed E-state index contributed by atoms with van der Waals surface area (Å²) in [4.78, 5) is 23.1. The molecule has 0 unspecified atom stereocenters. The van der Waals surface area contributed by atoms with Crippen molar-refractivity contribution in [3.8, 4) is 0 Å². The van der Waals surface area contributed by atoms with E-state index in [1.165, 1.54) is 13.1 Å². The molecule has 0 fully saturated rings. The Morgan fingerprint density at radius 3 is 2.72 bits per heavy atom. The van der Waals surface area contributed by atoms with E-state index >= 15 is 0 Å². The molecule has 0 spiro atoms. The van der Waals surface area contributed by atoms with E-state index < -0.39 is 0 Å². The largest absolute Gasteiger partial charge is 0.351 e. The average molecular weight is 244 g/mol.